The number of aldehydes is 1. The zero-order valence-electron chi connectivity index (χ0n) is 70.9. The van der Waals surface area contributed by atoms with E-state index < -0.39 is 14.3 Å². The van der Waals surface area contributed by atoms with Crippen LogP contribution in [-0.4, -0.2) is 134 Å². The van der Waals surface area contributed by atoms with Crippen molar-refractivity contribution in [1.82, 2.24) is 29.9 Å². The molecule has 16 rings (SSSR count). The summed E-state index contributed by atoms with van der Waals surface area (Å²) < 4.78 is 40.6. The Balaban J connectivity index is 0.000000210. The number of ketones is 1. The number of esters is 4. The first kappa shape index (κ1) is 106. The summed E-state index contributed by atoms with van der Waals surface area (Å²) in [5, 5.41) is 37.8. The Bertz CT molecular complexity index is 6690. The number of hydrogen-bond donors (Lipinski definition) is 1. The van der Waals surface area contributed by atoms with E-state index in [0.717, 1.165) is 150 Å². The summed E-state index contributed by atoms with van der Waals surface area (Å²) in [5.41, 5.74) is 5.47. The molecule has 0 aliphatic rings. The zero-order chi connectivity index (χ0) is 90.2. The first-order chi connectivity index (χ1) is 61.0. The van der Waals surface area contributed by atoms with Gasteiger partial charge in [0.1, 0.15) is 10.7 Å². The van der Waals surface area contributed by atoms with Crippen LogP contribution < -0.4 is 18.9 Å². The fraction of sp³-hybridized carbons (Fsp3) is 0.215. The summed E-state index contributed by atoms with van der Waals surface area (Å²) in [6.45, 7) is 15.4. The van der Waals surface area contributed by atoms with Crippen molar-refractivity contribution in [3.63, 3.8) is 0 Å². The van der Waals surface area contributed by atoms with Gasteiger partial charge in [-0.3, -0.25) is 53.9 Å². The minimum atomic E-state index is -0.950. The number of carboxylic acid groups (broad SMARTS) is 1. The van der Waals surface area contributed by atoms with Crippen LogP contribution >= 0.6 is 140 Å². The van der Waals surface area contributed by atoms with E-state index >= 15 is 0 Å². The van der Waals surface area contributed by atoms with Crippen LogP contribution in [0.15, 0.2) is 208 Å². The van der Waals surface area contributed by atoms with Crippen LogP contribution in [0.25, 0.3) is 110 Å². The summed E-state index contributed by atoms with van der Waals surface area (Å²) in [6.07, 6.45) is 28.8. The molecule has 0 saturated heterocycles. The topological polar surface area (TPSA) is 382 Å². The maximum atomic E-state index is 11.7. The van der Waals surface area contributed by atoms with Crippen molar-refractivity contribution in [3.05, 3.63) is 248 Å². The monoisotopic (exact) mass is 2110 g/mol. The number of hydrogen-bond acceptors (Lipinski definition) is 28. The second-order valence-electron chi connectivity index (χ2n) is 26.5. The molecule has 662 valence electrons. The normalized spacial score (nSPS) is 10.5. The number of Topliss-reactive ketones (excluding diaryl/α,β-unsaturated/α-hetero) is 1. The van der Waals surface area contributed by atoms with Crippen molar-refractivity contribution in [1.29, 1.82) is 10.5 Å². The molecule has 0 saturated carbocycles. The fourth-order valence-electron chi connectivity index (χ4n) is 12.4. The van der Waals surface area contributed by atoms with Gasteiger partial charge >= 0.3 is 48.7 Å². The van der Waals surface area contributed by atoms with Crippen LogP contribution in [0.1, 0.15) is 118 Å². The molecular weight excluding hydrogens is 2030 g/mol. The molecule has 16 aromatic rings. The number of fused-ring (bicyclic) bond motifs is 8. The van der Waals surface area contributed by atoms with Crippen LogP contribution in [0.3, 0.4) is 0 Å². The molecule has 0 bridgehead atoms. The zero-order valence-corrected chi connectivity index (χ0v) is 83.1. The van der Waals surface area contributed by atoms with Gasteiger partial charge in [0.15, 0.2) is 14.7 Å². The Morgan fingerprint density at radius 3 is 1.18 bits per heavy atom. The Morgan fingerprint density at radius 2 is 0.798 bits per heavy atom. The molecule has 0 atom stereocenters. The molecule has 0 unspecified atom stereocenters. The van der Waals surface area contributed by atoms with Crippen LogP contribution in [0.4, 0.5) is 0 Å². The molecule has 4 aromatic carbocycles. The number of thiophene rings is 6. The standard InChI is InChI=1S/C23H18N2O2S.C21H14N2O2S.C12H12BrNO2S.C12H10BrNO2S.C10H8BrNO2S.C8H4BrNOS.C7H15O3P.Li.2H2O/c1-2-27-22(26)10-8-17-11-16-13-25-14-21(23(16)28-17)20-9-7-15(12-24)18-5-3-4-6-19(18)20;22-10-13-5-7-18(17-4-2-1-3-16(13)17)19-12-23-11-14-9-15(26-21(14)19)6-8-20(24)25;2*1-2-16-11(15)4-3-9-5-8-6-14-7-10(13)12(8)17-9;1-2-14-10(13)8-3-6-4-12-5-7(11)9(6)15-8;9-7-3-10-2-5-1-6(4-11)12-8(5)7;1-4-9-11(10-5-2)6-7(3)8;;;/h3-7,9,11,13-14H,2,8,10H2,1H3;1-5,7,9,11-12H,6,8H2,(H,24,25);5-7H,2-4H2,1H3;3-7H,2H2,1H3;3-5H,2H2,1H3;1-4H;4-6H2,1-3H3;;2*1H2/q;;;;;;;+1;;/p-1/b;;;4-3+;;;;;;. The average Bonchev–Trinajstić information content (AvgIpc) is 1.75. The van der Waals surface area contributed by atoms with Gasteiger partial charge in [0, 0.05) is 164 Å². The largest absolute Gasteiger partial charge is 1.00 e. The summed E-state index contributed by atoms with van der Waals surface area (Å²) in [4.78, 5) is 108. The molecule has 0 aliphatic carbocycles. The Morgan fingerprint density at radius 1 is 0.434 bits per heavy atom. The third kappa shape index (κ3) is 30.1. The van der Waals surface area contributed by atoms with Crippen molar-refractivity contribution in [3.8, 4) is 34.4 Å². The fourth-order valence-corrected chi connectivity index (χ4v) is 22.0. The number of ether oxygens (including phenoxy) is 4. The van der Waals surface area contributed by atoms with Gasteiger partial charge in [-0.05, 0) is 208 Å². The summed E-state index contributed by atoms with van der Waals surface area (Å²) in [5.74, 6) is -1.57. The first-order valence-corrected chi connectivity index (χ1v) is 48.7. The third-order valence-electron chi connectivity index (χ3n) is 17.7. The number of benzene rings is 4. The number of aromatic nitrogens is 6. The third-order valence-corrected chi connectivity index (χ3v) is 30.1. The van der Waals surface area contributed by atoms with E-state index in [0.29, 0.717) is 87.5 Å². The van der Waals surface area contributed by atoms with Crippen molar-refractivity contribution in [2.75, 3.05) is 45.8 Å². The van der Waals surface area contributed by atoms with E-state index in [1.807, 2.05) is 150 Å². The van der Waals surface area contributed by atoms with E-state index in [9.17, 15) is 44.1 Å². The molecule has 36 heteroatoms. The van der Waals surface area contributed by atoms with Gasteiger partial charge in [0.05, 0.1) is 130 Å². The van der Waals surface area contributed by atoms with Crippen molar-refractivity contribution in [2.45, 2.75) is 87.0 Å². The number of rotatable bonds is 25. The minimum absolute atomic E-state index is 0. The second-order valence-corrected chi connectivity index (χ2v) is 38.1. The summed E-state index contributed by atoms with van der Waals surface area (Å²) in [7, 11) is -0.950. The smallest absolute Gasteiger partial charge is 0.870 e. The maximum Gasteiger partial charge on any atom is 1.00 e. The number of halogens is 4. The van der Waals surface area contributed by atoms with E-state index in [4.69, 9.17) is 33.1 Å². The van der Waals surface area contributed by atoms with Gasteiger partial charge in [-0.25, -0.2) is 9.59 Å². The number of aryl methyl sites for hydroxylation is 3. The molecule has 4 N–H and O–H groups in total. The van der Waals surface area contributed by atoms with E-state index in [1.165, 1.54) is 38.3 Å². The molecule has 0 radical (unpaired) electrons. The van der Waals surface area contributed by atoms with Crippen LogP contribution in [-0.2, 0) is 71.2 Å². The molecule has 0 aliphatic heterocycles. The number of carboxylic acids is 1. The average molecular weight is 2120 g/mol. The number of pyridine rings is 6. The van der Waals surface area contributed by atoms with Crippen molar-refractivity contribution in [2.24, 2.45) is 0 Å². The number of aliphatic carboxylic acids is 1. The predicted molar refractivity (Wildman–Crippen MR) is 528 cm³/mol. The maximum absolute atomic E-state index is 11.7. The van der Waals surface area contributed by atoms with E-state index in [-0.39, 0.29) is 65.9 Å². The van der Waals surface area contributed by atoms with E-state index in [2.05, 4.69) is 118 Å². The molecule has 0 amide bonds. The second kappa shape index (κ2) is 54.2. The quantitative estimate of drug-likeness (QED) is 0.0139. The van der Waals surface area contributed by atoms with Crippen LogP contribution in [0.5, 0.6) is 0 Å². The Hall–Kier alpha value is -9.74. The molecule has 12 aromatic heterocycles. The molecule has 24 nitrogen and oxygen atoms in total. The van der Waals surface area contributed by atoms with Gasteiger partial charge in [0.2, 0.25) is 0 Å². The summed E-state index contributed by atoms with van der Waals surface area (Å²) >= 11 is 23.2. The van der Waals surface area contributed by atoms with Gasteiger partial charge in [-0.15, -0.1) is 68.0 Å². The number of nitriles is 2. The van der Waals surface area contributed by atoms with Gasteiger partial charge in [-0.1, -0.05) is 60.7 Å². The van der Waals surface area contributed by atoms with Gasteiger partial charge in [0.25, 0.3) is 0 Å². The molecule has 0 spiro atoms. The Kier molecular flexibility index (Phi) is 44.6. The van der Waals surface area contributed by atoms with Crippen molar-refractivity contribution >= 4 is 270 Å². The van der Waals surface area contributed by atoms with Crippen molar-refractivity contribution < 1.29 is 96.5 Å². The van der Waals surface area contributed by atoms with E-state index in [1.54, 1.807) is 122 Å². The Labute approximate surface area is 814 Å². The van der Waals surface area contributed by atoms with Gasteiger partial charge in [-0.2, -0.15) is 10.5 Å². The number of carbonyl (C=O) groups excluding carboxylic acids is 6. The SMILES string of the molecule is CCOC(=O)/C=C/c1cc2cncc(Br)c2s1.CCOC(=O)CCc1cc2cncc(-c3ccc(C#N)c4ccccc34)c2s1.CCOC(=O)CCc1cc2cncc(Br)c2s1.CCOC(=O)c1cc2cncc(Br)c2s1.CCOP(CC(C)=O)OCC.N#Cc1ccc(-c2cncc3cc(CCC(=O)O)sc23)c2ccccc12.O.O=Cc1cc2cncc(Br)c2s1.[Li+].[OH-]. The van der Waals surface area contributed by atoms with Gasteiger partial charge < -0.3 is 44.1 Å². The van der Waals surface area contributed by atoms with Crippen LogP contribution in [0, 0.1) is 22.7 Å². The molecule has 0 fully saturated rings. The predicted octanol–water partition coefficient (Wildman–Crippen LogP) is 21.7. The number of carbonyl (C=O) groups is 7. The minimum Gasteiger partial charge on any atom is -0.870 e. The molecular formula is C93H84Br4LiN8O16PS6. The number of nitrogens with zero attached hydrogens (tertiary/aromatic N) is 8. The first-order valence-electron chi connectivity index (χ1n) is 39.2. The molecule has 129 heavy (non-hydrogen) atoms. The molecule has 12 heterocycles. The summed E-state index contributed by atoms with van der Waals surface area (Å²) in [6, 6.07) is 39.8. The van der Waals surface area contributed by atoms with Crippen LogP contribution in [0.2, 0.25) is 0 Å².